The van der Waals surface area contributed by atoms with E-state index in [9.17, 15) is 0 Å². The highest BCUT2D eigenvalue weighted by atomic mass is 16.3. The van der Waals surface area contributed by atoms with Crippen LogP contribution in [-0.4, -0.2) is 8.80 Å². The molecule has 0 saturated heterocycles. The minimum Gasteiger partial charge on any atom is -0.454 e. The van der Waals surface area contributed by atoms with Crippen molar-refractivity contribution in [2.24, 2.45) is 0 Å². The molecule has 11 rings (SSSR count). The van der Waals surface area contributed by atoms with E-state index in [-0.39, 0.29) is 0 Å². The predicted molar refractivity (Wildman–Crippen MR) is 181 cm³/mol. The lowest BCUT2D eigenvalue weighted by Gasteiger charge is -2.11. The van der Waals surface area contributed by atoms with Crippen LogP contribution in [0.4, 0.5) is 0 Å². The summed E-state index contributed by atoms with van der Waals surface area (Å²) in [4.78, 5) is 0. The molecule has 0 bridgehead atoms. The Bertz CT molecular complexity index is 3010. The van der Waals surface area contributed by atoms with Gasteiger partial charge in [0.15, 0.2) is 5.58 Å². The molecule has 4 aromatic heterocycles. The second-order valence-electron chi connectivity index (χ2n) is 11.7. The fourth-order valence-corrected chi connectivity index (χ4v) is 7.85. The number of rotatable bonds is 0. The van der Waals surface area contributed by atoms with Crippen LogP contribution < -0.4 is 0 Å². The zero-order chi connectivity index (χ0) is 27.8. The Morgan fingerprint density at radius 1 is 0.349 bits per heavy atom. The van der Waals surface area contributed by atoms with Gasteiger partial charge in [-0.3, -0.25) is 0 Å². The number of aromatic nitrogens is 2. The van der Waals surface area contributed by atoms with E-state index in [0.29, 0.717) is 0 Å². The first-order valence-electron chi connectivity index (χ1n) is 14.8. The monoisotopic (exact) mass is 546 g/mol. The van der Waals surface area contributed by atoms with Crippen LogP contribution >= 0.6 is 0 Å². The summed E-state index contributed by atoms with van der Waals surface area (Å²) in [6.45, 7) is 0. The number of hydrogen-bond donors (Lipinski definition) is 0. The molecule has 0 saturated carbocycles. The third kappa shape index (κ3) is 2.58. The van der Waals surface area contributed by atoms with E-state index in [0.717, 1.165) is 27.5 Å². The summed E-state index contributed by atoms with van der Waals surface area (Å²) in [7, 11) is 0. The van der Waals surface area contributed by atoms with Crippen LogP contribution in [0, 0.1) is 0 Å². The maximum atomic E-state index is 6.78. The van der Waals surface area contributed by atoms with Gasteiger partial charge in [-0.1, -0.05) is 97.1 Å². The zero-order valence-electron chi connectivity index (χ0n) is 23.0. The van der Waals surface area contributed by atoms with Crippen LogP contribution in [0.25, 0.3) is 98.1 Å². The van der Waals surface area contributed by atoms with E-state index in [1.807, 2.05) is 0 Å². The first-order chi connectivity index (χ1) is 21.3. The molecule has 0 unspecified atom stereocenters. The molecule has 7 aromatic carbocycles. The lowest BCUT2D eigenvalue weighted by molar-refractivity contribution is 0.671. The van der Waals surface area contributed by atoms with Gasteiger partial charge >= 0.3 is 0 Å². The maximum Gasteiger partial charge on any atom is 0.160 e. The van der Waals surface area contributed by atoms with Crippen LogP contribution in [-0.2, 0) is 0 Å². The Kier molecular flexibility index (Phi) is 3.83. The Morgan fingerprint density at radius 3 is 1.84 bits per heavy atom. The average Bonchev–Trinajstić information content (AvgIpc) is 3.70. The summed E-state index contributed by atoms with van der Waals surface area (Å²) >= 11 is 0. The highest BCUT2D eigenvalue weighted by Crippen LogP contribution is 2.43. The largest absolute Gasteiger partial charge is 0.454 e. The fraction of sp³-hybridized carbons (Fsp3) is 0. The van der Waals surface area contributed by atoms with Gasteiger partial charge in [-0.15, -0.1) is 0 Å². The summed E-state index contributed by atoms with van der Waals surface area (Å²) in [6, 6.07) is 48.7. The Hall–Kier alpha value is -5.80. The molecular weight excluding hydrogens is 524 g/mol. The number of fused-ring (bicyclic) bond motifs is 15. The SMILES string of the molecule is c1ccc2cc3c(cc2c1)c1cccc2c4ccc5c6ccccc6oc5c4n4c5ccccc5c5cccc(c54)n3c12. The minimum atomic E-state index is 0.910. The second-order valence-corrected chi connectivity index (χ2v) is 11.7. The first kappa shape index (κ1) is 21.9. The lowest BCUT2D eigenvalue weighted by atomic mass is 10.0. The van der Waals surface area contributed by atoms with Gasteiger partial charge in [0.25, 0.3) is 0 Å². The van der Waals surface area contributed by atoms with Gasteiger partial charge in [-0.05, 0) is 47.2 Å². The van der Waals surface area contributed by atoms with Crippen LogP contribution in [0.3, 0.4) is 0 Å². The lowest BCUT2D eigenvalue weighted by Crippen LogP contribution is -1.94. The summed E-state index contributed by atoms with van der Waals surface area (Å²) in [5, 5.41) is 12.2. The molecule has 4 heterocycles. The molecule has 198 valence electrons. The van der Waals surface area contributed by atoms with Crippen molar-refractivity contribution in [3.63, 3.8) is 0 Å². The summed E-state index contributed by atoms with van der Waals surface area (Å²) in [5.41, 5.74) is 8.93. The molecule has 0 fully saturated rings. The number of nitrogens with zero attached hydrogens (tertiary/aromatic N) is 2. The van der Waals surface area contributed by atoms with Gasteiger partial charge in [-0.2, -0.15) is 0 Å². The number of hydrogen-bond acceptors (Lipinski definition) is 1. The standard InChI is InChI=1S/C40H22N2O/c1-2-10-24-22-35-32(21-23(24)9-1)29-14-7-13-28-30-19-20-31-26-12-4-6-18-36(26)43-40(31)39(30)42-33-16-5-3-11-25(33)27-15-8-17-34(38(27)42)41(35)37(28)29/h1-22H. The summed E-state index contributed by atoms with van der Waals surface area (Å²) in [5.74, 6) is 0. The molecule has 0 aliphatic rings. The smallest absolute Gasteiger partial charge is 0.160 e. The van der Waals surface area contributed by atoms with Crippen LogP contribution in [0.2, 0.25) is 0 Å². The van der Waals surface area contributed by atoms with E-state index in [2.05, 4.69) is 142 Å². The molecule has 0 atom stereocenters. The fourth-order valence-electron chi connectivity index (χ4n) is 7.85. The van der Waals surface area contributed by atoms with Crippen molar-refractivity contribution in [2.75, 3.05) is 0 Å². The third-order valence-corrected chi connectivity index (χ3v) is 9.60. The highest BCUT2D eigenvalue weighted by Gasteiger charge is 2.21. The van der Waals surface area contributed by atoms with Crippen molar-refractivity contribution in [1.29, 1.82) is 0 Å². The van der Waals surface area contributed by atoms with E-state index in [1.165, 1.54) is 70.7 Å². The van der Waals surface area contributed by atoms with E-state index in [1.54, 1.807) is 0 Å². The van der Waals surface area contributed by atoms with Crippen LogP contribution in [0.5, 0.6) is 0 Å². The summed E-state index contributed by atoms with van der Waals surface area (Å²) in [6.07, 6.45) is 0. The molecule has 0 N–H and O–H groups in total. The molecule has 11 aromatic rings. The number of benzene rings is 7. The van der Waals surface area contributed by atoms with E-state index >= 15 is 0 Å². The van der Waals surface area contributed by atoms with Gasteiger partial charge in [0.2, 0.25) is 0 Å². The topological polar surface area (TPSA) is 22.0 Å². The molecule has 0 amide bonds. The molecule has 0 spiro atoms. The molecule has 3 heteroatoms. The van der Waals surface area contributed by atoms with Crippen molar-refractivity contribution >= 4 is 98.1 Å². The molecule has 43 heavy (non-hydrogen) atoms. The zero-order valence-corrected chi connectivity index (χ0v) is 23.0. The normalized spacial score (nSPS) is 12.7. The Labute approximate surface area is 244 Å². The van der Waals surface area contributed by atoms with Gasteiger partial charge in [-0.25, -0.2) is 0 Å². The number of furan rings is 1. The molecule has 3 nitrogen and oxygen atoms in total. The van der Waals surface area contributed by atoms with Crippen molar-refractivity contribution < 1.29 is 4.42 Å². The van der Waals surface area contributed by atoms with E-state index in [4.69, 9.17) is 4.42 Å². The quantitative estimate of drug-likeness (QED) is 0.185. The van der Waals surface area contributed by atoms with Crippen LogP contribution in [0.15, 0.2) is 138 Å². The van der Waals surface area contributed by atoms with Gasteiger partial charge in [0.1, 0.15) is 5.58 Å². The van der Waals surface area contributed by atoms with Crippen molar-refractivity contribution in [2.45, 2.75) is 0 Å². The maximum absolute atomic E-state index is 6.78. The minimum absolute atomic E-state index is 0.910. The average molecular weight is 547 g/mol. The Morgan fingerprint density at radius 2 is 0.953 bits per heavy atom. The second kappa shape index (κ2) is 7.53. The van der Waals surface area contributed by atoms with Crippen molar-refractivity contribution in [1.82, 2.24) is 8.80 Å². The summed E-state index contributed by atoms with van der Waals surface area (Å²) < 4.78 is 11.8. The van der Waals surface area contributed by atoms with Crippen molar-refractivity contribution in [3.8, 4) is 0 Å². The van der Waals surface area contributed by atoms with Gasteiger partial charge in [0, 0.05) is 43.1 Å². The van der Waals surface area contributed by atoms with Gasteiger partial charge in [0.05, 0.1) is 33.1 Å². The highest BCUT2D eigenvalue weighted by molar-refractivity contribution is 6.27. The third-order valence-electron chi connectivity index (χ3n) is 9.60. The Balaban J connectivity index is 1.58. The predicted octanol–water partition coefficient (Wildman–Crippen LogP) is 11.0. The molecule has 0 aliphatic heterocycles. The van der Waals surface area contributed by atoms with Crippen molar-refractivity contribution in [3.05, 3.63) is 133 Å². The van der Waals surface area contributed by atoms with Gasteiger partial charge < -0.3 is 13.2 Å². The van der Waals surface area contributed by atoms with Crippen LogP contribution in [0.1, 0.15) is 0 Å². The molecule has 0 aliphatic carbocycles. The van der Waals surface area contributed by atoms with E-state index < -0.39 is 0 Å². The molecular formula is C40H22N2O. The number of para-hydroxylation sites is 4. The molecule has 0 radical (unpaired) electrons. The first-order valence-corrected chi connectivity index (χ1v) is 14.8.